The molecule has 0 aliphatic carbocycles. The maximum Gasteiger partial charge on any atom is 0.168 e. The van der Waals surface area contributed by atoms with Crippen molar-refractivity contribution >= 4 is 0 Å². The Balaban J connectivity index is 0.879. The van der Waals surface area contributed by atoms with Crippen molar-refractivity contribution in [2.24, 2.45) is 0 Å². The van der Waals surface area contributed by atoms with Crippen molar-refractivity contribution in [2.75, 3.05) is 0 Å². The summed E-state index contributed by atoms with van der Waals surface area (Å²) in [6.45, 7) is 19.0. The van der Waals surface area contributed by atoms with E-state index >= 15 is 0 Å². The van der Waals surface area contributed by atoms with Crippen LogP contribution in [0.1, 0.15) is 84.2 Å². The monoisotopic (exact) mass is 946 g/mol. The van der Waals surface area contributed by atoms with Crippen LogP contribution in [-0.4, -0.2) is 44.3 Å². The highest BCUT2D eigenvalue weighted by Gasteiger charge is 2.20. The molecule has 9 heteroatoms. The Morgan fingerprint density at radius 2 is 0.486 bits per heavy atom. The highest BCUT2D eigenvalue weighted by molar-refractivity contribution is 5.64. The van der Waals surface area contributed by atoms with Gasteiger partial charge >= 0.3 is 0 Å². The van der Waals surface area contributed by atoms with Gasteiger partial charge in [0.05, 0.1) is 17.1 Å². The molecule has 0 radical (unpaired) electrons. The number of rotatable bonds is 15. The van der Waals surface area contributed by atoms with E-state index in [0.29, 0.717) is 0 Å². The van der Waals surface area contributed by atoms with Gasteiger partial charge in [-0.15, -0.1) is 30.6 Å². The Bertz CT molecular complexity index is 3110. The van der Waals surface area contributed by atoms with Crippen molar-refractivity contribution in [1.82, 2.24) is 44.3 Å². The van der Waals surface area contributed by atoms with E-state index in [1.54, 1.807) is 0 Å². The molecule has 0 aliphatic rings. The van der Waals surface area contributed by atoms with Gasteiger partial charge in [0.2, 0.25) is 0 Å². The van der Waals surface area contributed by atoms with E-state index in [9.17, 15) is 0 Å². The molecule has 9 nitrogen and oxygen atoms in total. The summed E-state index contributed by atoms with van der Waals surface area (Å²) >= 11 is 0. The van der Waals surface area contributed by atoms with Gasteiger partial charge in [-0.25, -0.2) is 0 Å². The lowest BCUT2D eigenvalue weighted by Gasteiger charge is -2.15. The molecule has 0 unspecified atom stereocenters. The third-order valence-corrected chi connectivity index (χ3v) is 14.3. The quantitative estimate of drug-likeness (QED) is 0.102. The molecule has 7 aromatic carbocycles. The first-order valence-corrected chi connectivity index (χ1v) is 25.3. The molecule has 0 N–H and O–H groups in total. The number of nitrogens with zero attached hydrogens (tertiary/aromatic N) is 9. The molecule has 0 saturated carbocycles. The van der Waals surface area contributed by atoms with Gasteiger partial charge in [0.25, 0.3) is 0 Å². The summed E-state index contributed by atoms with van der Waals surface area (Å²) in [5.41, 5.74) is 21.8. The first-order valence-electron chi connectivity index (χ1n) is 25.3. The molecule has 360 valence electrons. The Morgan fingerprint density at radius 1 is 0.264 bits per heavy atom. The predicted octanol–water partition coefficient (Wildman–Crippen LogP) is 13.6. The Morgan fingerprint density at radius 3 is 0.722 bits per heavy atom. The van der Waals surface area contributed by atoms with E-state index < -0.39 is 0 Å². The maximum absolute atomic E-state index is 4.65. The van der Waals surface area contributed by atoms with Crippen LogP contribution in [0.25, 0.3) is 51.2 Å². The average Bonchev–Trinajstić information content (AvgIpc) is 4.08. The van der Waals surface area contributed by atoms with Crippen LogP contribution in [0.2, 0.25) is 0 Å². The van der Waals surface area contributed by atoms with Gasteiger partial charge in [-0.3, -0.25) is 13.7 Å². The normalized spacial score (nSPS) is 11.5. The standard InChI is InChI=1S/C63H63N9/c1-40-13-10-14-41(2)58(40)70-46(7)64-67-61(70)55-31-25-49(26-32-55)19-22-52-37-53(23-20-50-27-33-56(34-28-50)62-68-65-47(8)71(62)59-42(3)15-11-16-43(59)4)39-54(38-52)24-21-51-29-35-57(36-30-51)63-69-66-48(9)72(63)60-44(5)17-12-18-45(60)6/h10-18,25-39H,19-24H2,1-9H3. The zero-order valence-electron chi connectivity index (χ0n) is 43.1. The molecule has 0 atom stereocenters. The Labute approximate surface area is 424 Å². The fourth-order valence-corrected chi connectivity index (χ4v) is 10.5. The summed E-state index contributed by atoms with van der Waals surface area (Å²) in [7, 11) is 0. The third-order valence-electron chi connectivity index (χ3n) is 14.3. The second kappa shape index (κ2) is 20.4. The molecular weight excluding hydrogens is 883 g/mol. The number of hydrogen-bond acceptors (Lipinski definition) is 6. The van der Waals surface area contributed by atoms with Crippen LogP contribution >= 0.6 is 0 Å². The topological polar surface area (TPSA) is 92.1 Å². The molecule has 10 rings (SSSR count). The van der Waals surface area contributed by atoms with Crippen molar-refractivity contribution in [3.05, 3.63) is 230 Å². The van der Waals surface area contributed by atoms with Crippen LogP contribution in [0.15, 0.2) is 146 Å². The lowest BCUT2D eigenvalue weighted by atomic mass is 9.94. The minimum absolute atomic E-state index is 0.865. The van der Waals surface area contributed by atoms with E-state index in [1.807, 2.05) is 20.8 Å². The molecule has 72 heavy (non-hydrogen) atoms. The van der Waals surface area contributed by atoms with Crippen LogP contribution in [0.4, 0.5) is 0 Å². The predicted molar refractivity (Wildman–Crippen MR) is 292 cm³/mol. The van der Waals surface area contributed by atoms with Gasteiger partial charge in [0.1, 0.15) is 17.5 Å². The first kappa shape index (κ1) is 47.6. The molecule has 0 bridgehead atoms. The minimum atomic E-state index is 0.865. The fourth-order valence-electron chi connectivity index (χ4n) is 10.5. The second-order valence-electron chi connectivity index (χ2n) is 19.7. The van der Waals surface area contributed by atoms with Gasteiger partial charge in [0.15, 0.2) is 17.5 Å². The molecule has 0 amide bonds. The molecule has 10 aromatic rings. The lowest BCUT2D eigenvalue weighted by Crippen LogP contribution is -2.04. The van der Waals surface area contributed by atoms with E-state index in [0.717, 1.165) is 107 Å². The molecule has 0 saturated heterocycles. The Kier molecular flexibility index (Phi) is 13.5. The second-order valence-corrected chi connectivity index (χ2v) is 19.7. The first-order chi connectivity index (χ1) is 34.9. The van der Waals surface area contributed by atoms with Gasteiger partial charge < -0.3 is 0 Å². The Hall–Kier alpha value is -8.04. The molecule has 0 spiro atoms. The van der Waals surface area contributed by atoms with E-state index in [4.69, 9.17) is 0 Å². The SMILES string of the molecule is Cc1cccc(C)c1-n1c(C)nnc1-c1ccc(CCc2cc(CCc3ccc(-c4nnc(C)n4-c4c(C)cccc4C)cc3)cc(CCc3ccc(-c4nnc(C)n4-c4c(C)cccc4C)cc3)c2)cc1. The smallest absolute Gasteiger partial charge is 0.168 e. The van der Waals surface area contributed by atoms with Crippen LogP contribution in [-0.2, 0) is 38.5 Å². The van der Waals surface area contributed by atoms with Gasteiger partial charge in [0, 0.05) is 16.7 Å². The molecular formula is C63H63N9. The summed E-state index contributed by atoms with van der Waals surface area (Å²) in [5, 5.41) is 27.5. The van der Waals surface area contributed by atoms with Crippen LogP contribution in [0, 0.1) is 62.3 Å². The largest absolute Gasteiger partial charge is 0.279 e. The van der Waals surface area contributed by atoms with E-state index in [2.05, 4.69) is 231 Å². The summed E-state index contributed by atoms with van der Waals surface area (Å²) in [6, 6.07) is 53.2. The highest BCUT2D eigenvalue weighted by Crippen LogP contribution is 2.31. The van der Waals surface area contributed by atoms with Crippen molar-refractivity contribution in [1.29, 1.82) is 0 Å². The number of benzene rings is 7. The number of aromatic nitrogens is 9. The number of hydrogen-bond donors (Lipinski definition) is 0. The fraction of sp³-hybridized carbons (Fsp3) is 0.238. The van der Waals surface area contributed by atoms with E-state index in [-0.39, 0.29) is 0 Å². The molecule has 3 heterocycles. The number of para-hydroxylation sites is 3. The van der Waals surface area contributed by atoms with Gasteiger partial charge in [-0.1, -0.05) is 146 Å². The van der Waals surface area contributed by atoms with Crippen molar-refractivity contribution in [2.45, 2.75) is 101 Å². The number of aryl methyl sites for hydroxylation is 15. The summed E-state index contributed by atoms with van der Waals surface area (Å²) in [6.07, 6.45) is 5.65. The summed E-state index contributed by atoms with van der Waals surface area (Å²) in [4.78, 5) is 0. The van der Waals surface area contributed by atoms with Gasteiger partial charge in [-0.2, -0.15) is 0 Å². The lowest BCUT2D eigenvalue weighted by molar-refractivity contribution is 0.903. The molecule has 0 fully saturated rings. The third kappa shape index (κ3) is 9.71. The minimum Gasteiger partial charge on any atom is -0.279 e. The van der Waals surface area contributed by atoms with Crippen LogP contribution in [0.5, 0.6) is 0 Å². The average molecular weight is 946 g/mol. The highest BCUT2D eigenvalue weighted by atomic mass is 15.3. The summed E-state index contributed by atoms with van der Waals surface area (Å²) in [5.74, 6) is 5.24. The molecule has 3 aromatic heterocycles. The van der Waals surface area contributed by atoms with E-state index in [1.165, 1.54) is 66.8 Å². The van der Waals surface area contributed by atoms with Gasteiger partial charge in [-0.05, 0) is 168 Å². The zero-order chi connectivity index (χ0) is 50.0. The van der Waals surface area contributed by atoms with Crippen molar-refractivity contribution < 1.29 is 0 Å². The van der Waals surface area contributed by atoms with Crippen molar-refractivity contribution in [3.8, 4) is 51.2 Å². The zero-order valence-corrected chi connectivity index (χ0v) is 43.1. The van der Waals surface area contributed by atoms with Crippen LogP contribution in [0.3, 0.4) is 0 Å². The van der Waals surface area contributed by atoms with Crippen LogP contribution < -0.4 is 0 Å². The van der Waals surface area contributed by atoms with Crippen molar-refractivity contribution in [3.63, 3.8) is 0 Å². The summed E-state index contributed by atoms with van der Waals surface area (Å²) < 4.78 is 6.58. The molecule has 0 aliphatic heterocycles. The maximum atomic E-state index is 4.65.